The van der Waals surface area contributed by atoms with E-state index < -0.39 is 0 Å². The number of tetrazole rings is 1. The third-order valence-corrected chi connectivity index (χ3v) is 4.13. The number of hydrogen-bond donors (Lipinski definition) is 0. The number of aromatic nitrogens is 4. The highest BCUT2D eigenvalue weighted by atomic mass is 32.2. The van der Waals surface area contributed by atoms with Gasteiger partial charge < -0.3 is 4.90 Å². The lowest BCUT2D eigenvalue weighted by Gasteiger charge is -2.26. The SMILES string of the molecule is CC(C)n1nnnc1CSCC(=O)N1CCCCC1. The van der Waals surface area contributed by atoms with Crippen molar-refractivity contribution in [1.29, 1.82) is 0 Å². The number of hydrogen-bond acceptors (Lipinski definition) is 5. The van der Waals surface area contributed by atoms with Crippen LogP contribution in [0.15, 0.2) is 0 Å². The third-order valence-electron chi connectivity index (χ3n) is 3.22. The molecule has 7 heteroatoms. The van der Waals surface area contributed by atoms with Gasteiger partial charge in [0.1, 0.15) is 0 Å². The van der Waals surface area contributed by atoms with Gasteiger partial charge in [-0.15, -0.1) is 16.9 Å². The molecule has 106 valence electrons. The maximum atomic E-state index is 12.0. The van der Waals surface area contributed by atoms with Crippen molar-refractivity contribution in [3.8, 4) is 0 Å². The Labute approximate surface area is 117 Å². The van der Waals surface area contributed by atoms with Crippen LogP contribution in [0, 0.1) is 0 Å². The molecule has 1 aliphatic rings. The van der Waals surface area contributed by atoms with Crippen LogP contribution in [0.5, 0.6) is 0 Å². The van der Waals surface area contributed by atoms with Crippen LogP contribution in [0.4, 0.5) is 0 Å². The Balaban J connectivity index is 1.76. The Morgan fingerprint density at radius 3 is 2.74 bits per heavy atom. The zero-order chi connectivity index (χ0) is 13.7. The first-order chi connectivity index (χ1) is 9.18. The predicted molar refractivity (Wildman–Crippen MR) is 74.8 cm³/mol. The number of piperidine rings is 1. The van der Waals surface area contributed by atoms with E-state index in [-0.39, 0.29) is 11.9 Å². The van der Waals surface area contributed by atoms with Crippen LogP contribution in [0.25, 0.3) is 0 Å². The van der Waals surface area contributed by atoms with Gasteiger partial charge in [0.2, 0.25) is 5.91 Å². The summed E-state index contributed by atoms with van der Waals surface area (Å²) in [6.07, 6.45) is 3.53. The quantitative estimate of drug-likeness (QED) is 0.819. The Morgan fingerprint density at radius 1 is 1.32 bits per heavy atom. The van der Waals surface area contributed by atoms with Crippen molar-refractivity contribution in [2.24, 2.45) is 0 Å². The molecule has 2 heterocycles. The summed E-state index contributed by atoms with van der Waals surface area (Å²) < 4.78 is 1.80. The van der Waals surface area contributed by atoms with Crippen molar-refractivity contribution < 1.29 is 4.79 Å². The van der Waals surface area contributed by atoms with Crippen molar-refractivity contribution in [3.05, 3.63) is 5.82 Å². The first kappa shape index (κ1) is 14.3. The van der Waals surface area contributed by atoms with Crippen molar-refractivity contribution in [1.82, 2.24) is 25.1 Å². The molecule has 2 rings (SSSR count). The highest BCUT2D eigenvalue weighted by molar-refractivity contribution is 7.99. The highest BCUT2D eigenvalue weighted by Gasteiger charge is 2.17. The largest absolute Gasteiger partial charge is 0.342 e. The van der Waals surface area contributed by atoms with E-state index >= 15 is 0 Å². The maximum Gasteiger partial charge on any atom is 0.232 e. The van der Waals surface area contributed by atoms with Crippen LogP contribution in [-0.2, 0) is 10.5 Å². The van der Waals surface area contributed by atoms with Gasteiger partial charge in [-0.25, -0.2) is 4.68 Å². The van der Waals surface area contributed by atoms with Gasteiger partial charge in [0.05, 0.1) is 17.5 Å². The average molecular weight is 283 g/mol. The fourth-order valence-electron chi connectivity index (χ4n) is 2.17. The monoisotopic (exact) mass is 283 g/mol. The zero-order valence-corrected chi connectivity index (χ0v) is 12.4. The van der Waals surface area contributed by atoms with E-state index in [1.165, 1.54) is 6.42 Å². The van der Waals surface area contributed by atoms with Crippen molar-refractivity contribution in [2.45, 2.75) is 44.9 Å². The predicted octanol–water partition coefficient (Wildman–Crippen LogP) is 1.50. The molecule has 0 atom stereocenters. The van der Waals surface area contributed by atoms with Gasteiger partial charge in [0, 0.05) is 13.1 Å². The molecule has 0 aromatic carbocycles. The standard InChI is InChI=1S/C12H21N5OS/c1-10(2)17-11(13-14-15-17)8-19-9-12(18)16-6-4-3-5-7-16/h10H,3-9H2,1-2H3. The number of amides is 1. The number of rotatable bonds is 5. The summed E-state index contributed by atoms with van der Waals surface area (Å²) in [5.41, 5.74) is 0. The molecule has 0 aliphatic carbocycles. The Bertz CT molecular complexity index is 414. The van der Waals surface area contributed by atoms with Crippen molar-refractivity contribution >= 4 is 17.7 Å². The molecule has 0 saturated carbocycles. The summed E-state index contributed by atoms with van der Waals surface area (Å²) in [5.74, 6) is 2.29. The molecule has 1 aliphatic heterocycles. The number of carbonyl (C=O) groups is 1. The van der Waals surface area contributed by atoms with Crippen LogP contribution >= 0.6 is 11.8 Å². The van der Waals surface area contributed by atoms with E-state index in [0.29, 0.717) is 11.5 Å². The average Bonchev–Trinajstić information content (AvgIpc) is 2.88. The molecule has 0 N–H and O–H groups in total. The molecule has 6 nitrogen and oxygen atoms in total. The molecule has 0 radical (unpaired) electrons. The van der Waals surface area contributed by atoms with Gasteiger partial charge in [-0.3, -0.25) is 4.79 Å². The fourth-order valence-corrected chi connectivity index (χ4v) is 3.00. The smallest absolute Gasteiger partial charge is 0.232 e. The fraction of sp³-hybridized carbons (Fsp3) is 0.833. The zero-order valence-electron chi connectivity index (χ0n) is 11.6. The summed E-state index contributed by atoms with van der Waals surface area (Å²) in [5, 5.41) is 11.6. The van der Waals surface area contributed by atoms with Crippen LogP contribution in [0.3, 0.4) is 0 Å². The lowest BCUT2D eigenvalue weighted by Crippen LogP contribution is -2.36. The van der Waals surface area contributed by atoms with Crippen LogP contribution in [0.1, 0.15) is 45.0 Å². The van der Waals surface area contributed by atoms with Crippen LogP contribution in [0.2, 0.25) is 0 Å². The molecule has 0 spiro atoms. The molecule has 1 aromatic heterocycles. The molecule has 1 aromatic rings. The van der Waals surface area contributed by atoms with Gasteiger partial charge in [-0.2, -0.15) is 0 Å². The van der Waals surface area contributed by atoms with E-state index in [0.717, 1.165) is 31.8 Å². The minimum absolute atomic E-state index is 0.244. The maximum absolute atomic E-state index is 12.0. The second-order valence-corrected chi connectivity index (χ2v) is 6.05. The number of likely N-dealkylation sites (tertiary alicyclic amines) is 1. The molecule has 1 saturated heterocycles. The van der Waals surface area contributed by atoms with Crippen LogP contribution in [-0.4, -0.2) is 49.9 Å². The van der Waals surface area contributed by atoms with E-state index in [1.807, 2.05) is 18.7 Å². The van der Waals surface area contributed by atoms with Crippen molar-refractivity contribution in [2.75, 3.05) is 18.8 Å². The number of thioether (sulfide) groups is 1. The number of nitrogens with zero attached hydrogens (tertiary/aromatic N) is 5. The molecule has 1 amide bonds. The summed E-state index contributed by atoms with van der Waals surface area (Å²) in [6, 6.07) is 0.253. The van der Waals surface area contributed by atoms with E-state index in [1.54, 1.807) is 16.4 Å². The van der Waals surface area contributed by atoms with Gasteiger partial charge in [0.25, 0.3) is 0 Å². The van der Waals surface area contributed by atoms with Gasteiger partial charge in [-0.1, -0.05) is 0 Å². The van der Waals surface area contributed by atoms with Crippen LogP contribution < -0.4 is 0 Å². The Hall–Kier alpha value is -1.11. The first-order valence-electron chi connectivity index (χ1n) is 6.80. The lowest BCUT2D eigenvalue weighted by atomic mass is 10.1. The van der Waals surface area contributed by atoms with Crippen molar-refractivity contribution in [3.63, 3.8) is 0 Å². The molecular weight excluding hydrogens is 262 g/mol. The summed E-state index contributed by atoms with van der Waals surface area (Å²) in [4.78, 5) is 14.0. The molecule has 0 bridgehead atoms. The number of carbonyl (C=O) groups excluding carboxylic acids is 1. The summed E-state index contributed by atoms with van der Waals surface area (Å²) >= 11 is 1.59. The molecular formula is C12H21N5OS. The molecule has 19 heavy (non-hydrogen) atoms. The minimum Gasteiger partial charge on any atom is -0.342 e. The lowest BCUT2D eigenvalue weighted by molar-refractivity contribution is -0.129. The Kier molecular flexibility index (Phi) is 5.18. The molecule has 1 fully saturated rings. The first-order valence-corrected chi connectivity index (χ1v) is 7.96. The summed E-state index contributed by atoms with van der Waals surface area (Å²) in [7, 11) is 0. The van der Waals surface area contributed by atoms with Gasteiger partial charge >= 0.3 is 0 Å². The van der Waals surface area contributed by atoms with Gasteiger partial charge in [0.15, 0.2) is 5.82 Å². The summed E-state index contributed by atoms with van der Waals surface area (Å²) in [6.45, 7) is 5.93. The highest BCUT2D eigenvalue weighted by Crippen LogP contribution is 2.15. The topological polar surface area (TPSA) is 63.9 Å². The second-order valence-electron chi connectivity index (χ2n) is 5.07. The Morgan fingerprint density at radius 2 is 2.05 bits per heavy atom. The minimum atomic E-state index is 0.244. The van der Waals surface area contributed by atoms with E-state index in [4.69, 9.17) is 0 Å². The normalized spacial score (nSPS) is 16.1. The van der Waals surface area contributed by atoms with E-state index in [2.05, 4.69) is 15.5 Å². The van der Waals surface area contributed by atoms with E-state index in [9.17, 15) is 4.79 Å². The molecule has 0 unspecified atom stereocenters. The van der Waals surface area contributed by atoms with Gasteiger partial charge in [-0.05, 0) is 43.5 Å². The second kappa shape index (κ2) is 6.88. The third kappa shape index (κ3) is 3.92.